The van der Waals surface area contributed by atoms with E-state index < -0.39 is 6.04 Å². The Balaban J connectivity index is 1.38. The van der Waals surface area contributed by atoms with Crippen molar-refractivity contribution in [2.45, 2.75) is 38.8 Å². The second kappa shape index (κ2) is 8.21. The maximum Gasteiger partial charge on any atom is 0.247 e. The fourth-order valence-corrected chi connectivity index (χ4v) is 3.51. The number of anilines is 1. The van der Waals surface area contributed by atoms with Gasteiger partial charge in [0.2, 0.25) is 11.8 Å². The molecule has 1 aliphatic heterocycles. The number of benzene rings is 1. The van der Waals surface area contributed by atoms with E-state index >= 15 is 0 Å². The third-order valence-electron chi connectivity index (χ3n) is 4.93. The van der Waals surface area contributed by atoms with Gasteiger partial charge in [0.15, 0.2) is 0 Å². The lowest BCUT2D eigenvalue weighted by molar-refractivity contribution is -0.136. The van der Waals surface area contributed by atoms with Crippen LogP contribution in [0.25, 0.3) is 5.69 Å². The molecule has 10 heteroatoms. The van der Waals surface area contributed by atoms with Crippen LogP contribution in [0.5, 0.6) is 0 Å². The highest BCUT2D eigenvalue weighted by Crippen LogP contribution is 2.21. The van der Waals surface area contributed by atoms with Gasteiger partial charge in [-0.3, -0.25) is 14.3 Å². The molecule has 29 heavy (non-hydrogen) atoms. The minimum atomic E-state index is -0.460. The van der Waals surface area contributed by atoms with Gasteiger partial charge in [0.05, 0.1) is 11.4 Å². The summed E-state index contributed by atoms with van der Waals surface area (Å²) < 4.78 is 3.26. The molecule has 3 aromatic rings. The van der Waals surface area contributed by atoms with Crippen LogP contribution in [0.4, 0.5) is 5.69 Å². The molecule has 1 fully saturated rings. The molecule has 1 atom stereocenters. The minimum Gasteiger partial charge on any atom is -0.331 e. The fourth-order valence-electron chi connectivity index (χ4n) is 3.51. The van der Waals surface area contributed by atoms with Crippen molar-refractivity contribution in [3.8, 4) is 5.69 Å². The van der Waals surface area contributed by atoms with Crippen LogP contribution in [0.1, 0.15) is 25.0 Å². The highest BCUT2D eigenvalue weighted by molar-refractivity contribution is 5.97. The van der Waals surface area contributed by atoms with Crippen molar-refractivity contribution in [1.82, 2.24) is 34.9 Å². The van der Waals surface area contributed by atoms with Crippen molar-refractivity contribution in [3.63, 3.8) is 0 Å². The summed E-state index contributed by atoms with van der Waals surface area (Å²) in [4.78, 5) is 27.2. The van der Waals surface area contributed by atoms with Gasteiger partial charge < -0.3 is 10.2 Å². The van der Waals surface area contributed by atoms with Gasteiger partial charge in [0.25, 0.3) is 0 Å². The van der Waals surface area contributed by atoms with E-state index in [2.05, 4.69) is 25.9 Å². The molecule has 4 rings (SSSR count). The second-order valence-corrected chi connectivity index (χ2v) is 7.01. The lowest BCUT2D eigenvalue weighted by Crippen LogP contribution is -2.43. The molecule has 1 aliphatic rings. The smallest absolute Gasteiger partial charge is 0.247 e. The van der Waals surface area contributed by atoms with E-state index in [-0.39, 0.29) is 11.8 Å². The van der Waals surface area contributed by atoms with Crippen molar-refractivity contribution in [2.24, 2.45) is 0 Å². The molecule has 2 amide bonds. The molecule has 0 radical (unpaired) electrons. The maximum atomic E-state index is 12.8. The lowest BCUT2D eigenvalue weighted by Gasteiger charge is -2.24. The molecule has 2 aromatic heterocycles. The van der Waals surface area contributed by atoms with Crippen molar-refractivity contribution in [3.05, 3.63) is 48.5 Å². The van der Waals surface area contributed by atoms with Gasteiger partial charge in [-0.25, -0.2) is 4.68 Å². The van der Waals surface area contributed by atoms with Crippen LogP contribution < -0.4 is 5.32 Å². The Morgan fingerprint density at radius 2 is 2.17 bits per heavy atom. The summed E-state index contributed by atoms with van der Waals surface area (Å²) >= 11 is 0. The summed E-state index contributed by atoms with van der Waals surface area (Å²) in [6.45, 7) is 3.01. The molecule has 3 heterocycles. The molecule has 1 aromatic carbocycles. The molecule has 0 spiro atoms. The zero-order chi connectivity index (χ0) is 20.2. The SMILES string of the molecule is Cc1ccn(CCC(=O)N2CCC[C@H]2C(=O)Nc2cccc(-n3cnnn3)c2)n1. The minimum absolute atomic E-state index is 0.0294. The second-order valence-electron chi connectivity index (χ2n) is 7.01. The van der Waals surface area contributed by atoms with Crippen molar-refractivity contribution in [1.29, 1.82) is 0 Å². The number of likely N-dealkylation sites (tertiary alicyclic amines) is 1. The topological polar surface area (TPSA) is 111 Å². The van der Waals surface area contributed by atoms with Crippen LogP contribution >= 0.6 is 0 Å². The van der Waals surface area contributed by atoms with Crippen LogP contribution in [0.2, 0.25) is 0 Å². The Morgan fingerprint density at radius 1 is 1.28 bits per heavy atom. The van der Waals surface area contributed by atoms with Crippen LogP contribution in [0.15, 0.2) is 42.9 Å². The van der Waals surface area contributed by atoms with Crippen LogP contribution in [-0.2, 0) is 16.1 Å². The molecule has 0 bridgehead atoms. The van der Waals surface area contributed by atoms with Crippen LogP contribution in [0, 0.1) is 6.92 Å². The molecule has 150 valence electrons. The Morgan fingerprint density at radius 3 is 2.93 bits per heavy atom. The van der Waals surface area contributed by atoms with E-state index in [4.69, 9.17) is 0 Å². The van der Waals surface area contributed by atoms with E-state index in [1.165, 1.54) is 11.0 Å². The first-order valence-electron chi connectivity index (χ1n) is 9.54. The number of nitrogens with one attached hydrogen (secondary N) is 1. The predicted octanol–water partition coefficient (Wildman–Crippen LogP) is 1.19. The Hall–Kier alpha value is -3.56. The lowest BCUT2D eigenvalue weighted by atomic mass is 10.2. The number of aromatic nitrogens is 6. The van der Waals surface area contributed by atoms with Gasteiger partial charge >= 0.3 is 0 Å². The van der Waals surface area contributed by atoms with Gasteiger partial charge in [-0.1, -0.05) is 6.07 Å². The summed E-state index contributed by atoms with van der Waals surface area (Å²) in [5.74, 6) is -0.210. The van der Waals surface area contributed by atoms with E-state index in [0.717, 1.165) is 17.8 Å². The molecule has 0 aliphatic carbocycles. The third-order valence-corrected chi connectivity index (χ3v) is 4.93. The Labute approximate surface area is 167 Å². The normalized spacial score (nSPS) is 16.2. The van der Waals surface area contributed by atoms with Crippen LogP contribution in [0.3, 0.4) is 0 Å². The molecule has 1 saturated heterocycles. The Kier molecular flexibility index (Phi) is 5.32. The first-order chi connectivity index (χ1) is 14.1. The number of tetrazole rings is 1. The largest absolute Gasteiger partial charge is 0.331 e. The fraction of sp³-hybridized carbons (Fsp3) is 0.368. The van der Waals surface area contributed by atoms with Gasteiger partial charge in [-0.05, 0) is 54.5 Å². The third kappa shape index (κ3) is 4.31. The number of hydrogen-bond donors (Lipinski definition) is 1. The van der Waals surface area contributed by atoms with E-state index in [1.807, 2.05) is 31.3 Å². The standard InChI is InChI=1S/C19H22N8O2/c1-14-7-10-25(22-14)11-8-18(28)26-9-3-6-17(26)19(29)21-15-4-2-5-16(12-15)27-13-20-23-24-27/h2,4-5,7,10,12-13,17H,3,6,8-9,11H2,1H3,(H,21,29)/t17-/m0/s1. The maximum absolute atomic E-state index is 12.8. The van der Waals surface area contributed by atoms with Crippen molar-refractivity contribution < 1.29 is 9.59 Å². The molecule has 0 saturated carbocycles. The summed E-state index contributed by atoms with van der Waals surface area (Å²) in [5.41, 5.74) is 2.29. The molecule has 0 unspecified atom stereocenters. The highest BCUT2D eigenvalue weighted by atomic mass is 16.2. The highest BCUT2D eigenvalue weighted by Gasteiger charge is 2.33. The van der Waals surface area contributed by atoms with E-state index in [1.54, 1.807) is 21.7 Å². The predicted molar refractivity (Wildman–Crippen MR) is 104 cm³/mol. The molecular weight excluding hydrogens is 372 g/mol. The summed E-state index contributed by atoms with van der Waals surface area (Å²) in [7, 11) is 0. The average molecular weight is 394 g/mol. The van der Waals surface area contributed by atoms with Crippen molar-refractivity contribution in [2.75, 3.05) is 11.9 Å². The first kappa shape index (κ1) is 18.8. The van der Waals surface area contributed by atoms with Crippen molar-refractivity contribution >= 4 is 17.5 Å². The number of aryl methyl sites for hydroxylation is 2. The number of nitrogens with zero attached hydrogens (tertiary/aromatic N) is 7. The summed E-state index contributed by atoms with van der Waals surface area (Å²) in [5, 5.41) is 18.3. The first-order valence-corrected chi connectivity index (χ1v) is 9.54. The number of carbonyl (C=O) groups is 2. The molecular formula is C19H22N8O2. The van der Waals surface area contributed by atoms with Gasteiger partial charge in [0, 0.05) is 31.4 Å². The number of hydrogen-bond acceptors (Lipinski definition) is 6. The summed E-state index contributed by atoms with van der Waals surface area (Å²) in [6.07, 6.45) is 5.13. The monoisotopic (exact) mass is 394 g/mol. The number of carbonyl (C=O) groups excluding carboxylic acids is 2. The van der Waals surface area contributed by atoms with Gasteiger partial charge in [-0.2, -0.15) is 5.10 Å². The zero-order valence-corrected chi connectivity index (χ0v) is 16.1. The van der Waals surface area contributed by atoms with E-state index in [9.17, 15) is 9.59 Å². The quantitative estimate of drug-likeness (QED) is 0.672. The molecule has 1 N–H and O–H groups in total. The zero-order valence-electron chi connectivity index (χ0n) is 16.1. The van der Waals surface area contributed by atoms with Crippen LogP contribution in [-0.4, -0.2) is 59.3 Å². The Bertz CT molecular complexity index is 997. The summed E-state index contributed by atoms with van der Waals surface area (Å²) in [6, 6.07) is 8.69. The van der Waals surface area contributed by atoms with E-state index in [0.29, 0.717) is 31.6 Å². The molecule has 10 nitrogen and oxygen atoms in total. The van der Waals surface area contributed by atoms with Gasteiger partial charge in [0.1, 0.15) is 12.4 Å². The number of rotatable bonds is 6. The average Bonchev–Trinajstić information content (AvgIpc) is 3.47. The van der Waals surface area contributed by atoms with Gasteiger partial charge in [-0.15, -0.1) is 5.10 Å². The number of amides is 2.